The van der Waals surface area contributed by atoms with E-state index in [1.54, 1.807) is 0 Å². The number of rotatable bonds is 4. The molecule has 0 amide bonds. The van der Waals surface area contributed by atoms with Crippen LogP contribution in [0.25, 0.3) is 0 Å². The first-order chi connectivity index (χ1) is 8.69. The number of nitrogens with two attached hydrogens (primary N) is 2. The Morgan fingerprint density at radius 2 is 1.78 bits per heavy atom. The zero-order valence-electron chi connectivity index (χ0n) is 10.5. The first-order valence-electron chi connectivity index (χ1n) is 6.07. The number of anilines is 4. The van der Waals surface area contributed by atoms with Gasteiger partial charge in [-0.2, -0.15) is 0 Å². The highest BCUT2D eigenvalue weighted by Crippen LogP contribution is 2.19. The normalized spacial score (nSPS) is 10.3. The van der Waals surface area contributed by atoms with Crippen LogP contribution < -0.4 is 16.8 Å². The Hall–Kier alpha value is -2.23. The molecule has 94 valence electrons. The molecule has 0 unspecified atom stereocenters. The molecular weight excluding hydrogens is 224 g/mol. The molecule has 0 aliphatic carbocycles. The van der Waals surface area contributed by atoms with Crippen LogP contribution in [0.2, 0.25) is 0 Å². The fraction of sp³-hybridized carbons (Fsp3) is 0.214. The first kappa shape index (κ1) is 12.2. The van der Waals surface area contributed by atoms with E-state index < -0.39 is 0 Å². The van der Waals surface area contributed by atoms with Gasteiger partial charge in [0.05, 0.1) is 11.4 Å². The van der Waals surface area contributed by atoms with Gasteiger partial charge in [0.15, 0.2) is 0 Å². The first-order valence-corrected chi connectivity index (χ1v) is 6.07. The largest absolute Gasteiger partial charge is 0.399 e. The minimum atomic E-state index is 0.748. The topological polar surface area (TPSA) is 77.0 Å². The quantitative estimate of drug-likeness (QED) is 0.720. The summed E-state index contributed by atoms with van der Waals surface area (Å²) in [6.45, 7) is 2.11. The molecule has 4 nitrogen and oxygen atoms in total. The summed E-state index contributed by atoms with van der Waals surface area (Å²) < 4.78 is 0. The summed E-state index contributed by atoms with van der Waals surface area (Å²) in [5.41, 5.74) is 14.9. The highest BCUT2D eigenvalue weighted by Gasteiger charge is 2.02. The molecule has 0 radical (unpaired) electrons. The molecule has 2 aromatic rings. The number of hydrogen-bond donors (Lipinski definition) is 3. The van der Waals surface area contributed by atoms with Gasteiger partial charge in [-0.05, 0) is 42.8 Å². The standard InChI is InChI=1S/C14H18N4/c1-2-3-13-12(16)8-9-14(18-13)17-11-6-4-10(15)5-7-11/h4-9H,2-3,15-16H2,1H3,(H,17,18). The monoisotopic (exact) mass is 242 g/mol. The van der Waals surface area contributed by atoms with E-state index in [0.29, 0.717) is 0 Å². The predicted octanol–water partition coefficient (Wildman–Crippen LogP) is 2.94. The Bertz CT molecular complexity index is 520. The third-order valence-electron chi connectivity index (χ3n) is 2.68. The molecule has 0 fully saturated rings. The van der Waals surface area contributed by atoms with E-state index in [2.05, 4.69) is 17.2 Å². The van der Waals surface area contributed by atoms with E-state index in [-0.39, 0.29) is 0 Å². The number of aryl methyl sites for hydroxylation is 1. The van der Waals surface area contributed by atoms with Crippen LogP contribution >= 0.6 is 0 Å². The lowest BCUT2D eigenvalue weighted by Crippen LogP contribution is -2.01. The van der Waals surface area contributed by atoms with Crippen molar-refractivity contribution >= 4 is 22.9 Å². The van der Waals surface area contributed by atoms with Crippen molar-refractivity contribution in [2.45, 2.75) is 19.8 Å². The molecule has 0 saturated carbocycles. The van der Waals surface area contributed by atoms with E-state index in [1.807, 2.05) is 36.4 Å². The lowest BCUT2D eigenvalue weighted by atomic mass is 10.2. The molecule has 0 atom stereocenters. The molecule has 0 aliphatic heterocycles. The molecule has 0 spiro atoms. The minimum absolute atomic E-state index is 0.748. The Morgan fingerprint density at radius 3 is 2.44 bits per heavy atom. The SMILES string of the molecule is CCCc1nc(Nc2ccc(N)cc2)ccc1N. The lowest BCUT2D eigenvalue weighted by molar-refractivity contribution is 0.887. The molecule has 2 rings (SSSR count). The fourth-order valence-electron chi connectivity index (χ4n) is 1.73. The highest BCUT2D eigenvalue weighted by atomic mass is 15.0. The van der Waals surface area contributed by atoms with Crippen molar-refractivity contribution in [3.05, 3.63) is 42.1 Å². The molecule has 18 heavy (non-hydrogen) atoms. The third kappa shape index (κ3) is 2.91. The maximum absolute atomic E-state index is 5.88. The number of benzene rings is 1. The van der Waals surface area contributed by atoms with Crippen molar-refractivity contribution in [2.75, 3.05) is 16.8 Å². The molecule has 1 aromatic carbocycles. The minimum Gasteiger partial charge on any atom is -0.399 e. The van der Waals surface area contributed by atoms with Crippen molar-refractivity contribution in [3.63, 3.8) is 0 Å². The van der Waals surface area contributed by atoms with Crippen LogP contribution in [0.15, 0.2) is 36.4 Å². The van der Waals surface area contributed by atoms with Crippen LogP contribution in [0.4, 0.5) is 22.9 Å². The van der Waals surface area contributed by atoms with Crippen LogP contribution in [0.5, 0.6) is 0 Å². The van der Waals surface area contributed by atoms with Crippen molar-refractivity contribution in [1.82, 2.24) is 4.98 Å². The van der Waals surface area contributed by atoms with Gasteiger partial charge in [-0.3, -0.25) is 0 Å². The van der Waals surface area contributed by atoms with Gasteiger partial charge in [-0.1, -0.05) is 13.3 Å². The molecular formula is C14H18N4. The molecule has 0 saturated heterocycles. The summed E-state index contributed by atoms with van der Waals surface area (Å²) >= 11 is 0. The Kier molecular flexibility index (Phi) is 3.67. The smallest absolute Gasteiger partial charge is 0.130 e. The number of nitrogen functional groups attached to an aromatic ring is 2. The maximum Gasteiger partial charge on any atom is 0.130 e. The average molecular weight is 242 g/mol. The van der Waals surface area contributed by atoms with Gasteiger partial charge in [0.2, 0.25) is 0 Å². The fourth-order valence-corrected chi connectivity index (χ4v) is 1.73. The second-order valence-electron chi connectivity index (χ2n) is 4.23. The van der Waals surface area contributed by atoms with Gasteiger partial charge in [-0.15, -0.1) is 0 Å². The summed E-state index contributed by atoms with van der Waals surface area (Å²) in [6.07, 6.45) is 1.92. The van der Waals surface area contributed by atoms with Crippen LogP contribution in [-0.4, -0.2) is 4.98 Å². The summed E-state index contributed by atoms with van der Waals surface area (Å²) in [5.74, 6) is 0.803. The van der Waals surface area contributed by atoms with Crippen LogP contribution in [0.3, 0.4) is 0 Å². The molecule has 5 N–H and O–H groups in total. The average Bonchev–Trinajstić information content (AvgIpc) is 2.37. The van der Waals surface area contributed by atoms with Crippen LogP contribution in [0, 0.1) is 0 Å². The predicted molar refractivity (Wildman–Crippen MR) is 76.8 cm³/mol. The zero-order valence-corrected chi connectivity index (χ0v) is 10.5. The second-order valence-corrected chi connectivity index (χ2v) is 4.23. The van der Waals surface area contributed by atoms with Gasteiger partial charge < -0.3 is 16.8 Å². The lowest BCUT2D eigenvalue weighted by Gasteiger charge is -2.09. The second kappa shape index (κ2) is 5.40. The maximum atomic E-state index is 5.88. The Balaban J connectivity index is 2.18. The van der Waals surface area contributed by atoms with Crippen molar-refractivity contribution < 1.29 is 0 Å². The third-order valence-corrected chi connectivity index (χ3v) is 2.68. The highest BCUT2D eigenvalue weighted by molar-refractivity contribution is 5.61. The van der Waals surface area contributed by atoms with Crippen molar-refractivity contribution in [3.8, 4) is 0 Å². The zero-order chi connectivity index (χ0) is 13.0. The number of nitrogens with one attached hydrogen (secondary N) is 1. The van der Waals surface area contributed by atoms with Crippen LogP contribution in [-0.2, 0) is 6.42 Å². The Labute approximate surface area is 107 Å². The summed E-state index contributed by atoms with van der Waals surface area (Å²) in [5, 5.41) is 3.23. The van der Waals surface area contributed by atoms with E-state index in [0.717, 1.165) is 41.4 Å². The van der Waals surface area contributed by atoms with E-state index in [4.69, 9.17) is 11.5 Å². The van der Waals surface area contributed by atoms with E-state index in [9.17, 15) is 0 Å². The van der Waals surface area contributed by atoms with Crippen LogP contribution in [0.1, 0.15) is 19.0 Å². The van der Waals surface area contributed by atoms with Gasteiger partial charge in [0.25, 0.3) is 0 Å². The number of hydrogen-bond acceptors (Lipinski definition) is 4. The molecule has 0 aliphatic rings. The molecule has 0 bridgehead atoms. The Morgan fingerprint density at radius 1 is 1.06 bits per heavy atom. The number of pyridine rings is 1. The summed E-state index contributed by atoms with van der Waals surface area (Å²) in [7, 11) is 0. The number of nitrogens with zero attached hydrogens (tertiary/aromatic N) is 1. The number of aromatic nitrogens is 1. The van der Waals surface area contributed by atoms with Gasteiger partial charge in [-0.25, -0.2) is 4.98 Å². The molecule has 4 heteroatoms. The summed E-state index contributed by atoms with van der Waals surface area (Å²) in [6, 6.07) is 11.3. The summed E-state index contributed by atoms with van der Waals surface area (Å²) in [4.78, 5) is 4.51. The van der Waals surface area contributed by atoms with E-state index >= 15 is 0 Å². The van der Waals surface area contributed by atoms with Crippen molar-refractivity contribution in [1.29, 1.82) is 0 Å². The van der Waals surface area contributed by atoms with Gasteiger partial charge in [0, 0.05) is 11.4 Å². The van der Waals surface area contributed by atoms with Crippen molar-refractivity contribution in [2.24, 2.45) is 0 Å². The van der Waals surface area contributed by atoms with Gasteiger partial charge in [0.1, 0.15) is 5.82 Å². The molecule has 1 heterocycles. The van der Waals surface area contributed by atoms with E-state index in [1.165, 1.54) is 0 Å². The molecule has 1 aromatic heterocycles. The van der Waals surface area contributed by atoms with Gasteiger partial charge >= 0.3 is 0 Å².